The van der Waals surface area contributed by atoms with Gasteiger partial charge in [-0.05, 0) is 31.2 Å². The van der Waals surface area contributed by atoms with Crippen LogP contribution in [0, 0.1) is 0 Å². The molecule has 1 amide bonds. The molecule has 1 aromatic carbocycles. The Morgan fingerprint density at radius 2 is 2.21 bits per heavy atom. The molecule has 1 aliphatic rings. The Bertz CT molecular complexity index is 450. The van der Waals surface area contributed by atoms with Crippen molar-refractivity contribution >= 4 is 17.5 Å². The zero-order valence-electron chi connectivity index (χ0n) is 11.6. The Morgan fingerprint density at radius 1 is 1.42 bits per heavy atom. The van der Waals surface area contributed by atoms with Gasteiger partial charge in [0.2, 0.25) is 0 Å². The predicted octanol–water partition coefficient (Wildman–Crippen LogP) is 2.59. The average molecular weight is 281 g/mol. The summed E-state index contributed by atoms with van der Waals surface area (Å²) in [5.41, 5.74) is 1.74. The third-order valence-corrected chi connectivity index (χ3v) is 4.17. The summed E-state index contributed by atoms with van der Waals surface area (Å²) in [6.45, 7) is 4.73. The molecule has 1 unspecified atom stereocenters. The van der Waals surface area contributed by atoms with Gasteiger partial charge in [-0.25, -0.2) is 0 Å². The smallest absolute Gasteiger partial charge is 0.253 e. The summed E-state index contributed by atoms with van der Waals surface area (Å²) >= 11 is 5.82. The Morgan fingerprint density at radius 3 is 2.89 bits per heavy atom. The van der Waals surface area contributed by atoms with Crippen LogP contribution >= 0.6 is 11.6 Å². The van der Waals surface area contributed by atoms with Crippen LogP contribution in [-0.4, -0.2) is 48.4 Å². The van der Waals surface area contributed by atoms with Crippen LogP contribution in [0.1, 0.15) is 29.3 Å². The normalized spacial score (nSPS) is 20.6. The molecule has 1 fully saturated rings. The zero-order valence-corrected chi connectivity index (χ0v) is 12.4. The van der Waals surface area contributed by atoms with Gasteiger partial charge < -0.3 is 4.90 Å². The van der Waals surface area contributed by atoms with Crippen molar-refractivity contribution in [3.63, 3.8) is 0 Å². The maximum absolute atomic E-state index is 12.5. The first-order valence-corrected chi connectivity index (χ1v) is 7.33. The molecule has 0 aliphatic carbocycles. The average Bonchev–Trinajstić information content (AvgIpc) is 2.47. The number of amides is 1. The fourth-order valence-electron chi connectivity index (χ4n) is 2.54. The molecule has 1 aliphatic heterocycles. The van der Waals surface area contributed by atoms with Crippen molar-refractivity contribution in [2.75, 3.05) is 26.7 Å². The first-order valence-electron chi connectivity index (χ1n) is 6.80. The lowest BCUT2D eigenvalue weighted by Crippen LogP contribution is -2.52. The van der Waals surface area contributed by atoms with Crippen molar-refractivity contribution in [1.29, 1.82) is 0 Å². The zero-order chi connectivity index (χ0) is 13.8. The largest absolute Gasteiger partial charge is 0.336 e. The standard InChI is InChI=1S/C15H21ClN2O/c1-3-14-11-18(8-7-17(14)2)15(19)13-6-4-5-12(9-13)10-16/h4-6,9,14H,3,7-8,10-11H2,1-2H3. The van der Waals surface area contributed by atoms with E-state index in [1.54, 1.807) is 0 Å². The molecule has 104 valence electrons. The van der Waals surface area contributed by atoms with E-state index in [4.69, 9.17) is 11.6 Å². The molecule has 0 bridgehead atoms. The predicted molar refractivity (Wildman–Crippen MR) is 78.6 cm³/mol. The quantitative estimate of drug-likeness (QED) is 0.795. The second-order valence-electron chi connectivity index (χ2n) is 5.13. The lowest BCUT2D eigenvalue weighted by molar-refractivity contribution is 0.0542. The number of piperazine rings is 1. The summed E-state index contributed by atoms with van der Waals surface area (Å²) in [5.74, 6) is 0.570. The Kier molecular flexibility index (Phi) is 4.83. The van der Waals surface area contributed by atoms with Crippen LogP contribution in [0.15, 0.2) is 24.3 Å². The molecular formula is C15H21ClN2O. The number of hydrogen-bond acceptors (Lipinski definition) is 2. The SMILES string of the molecule is CCC1CN(C(=O)c2cccc(CCl)c2)CCN1C. The Balaban J connectivity index is 2.10. The van der Waals surface area contributed by atoms with Crippen molar-refractivity contribution in [3.05, 3.63) is 35.4 Å². The summed E-state index contributed by atoms with van der Waals surface area (Å²) in [7, 11) is 2.13. The first kappa shape index (κ1) is 14.4. The molecule has 0 saturated carbocycles. The maximum atomic E-state index is 12.5. The van der Waals surface area contributed by atoms with E-state index < -0.39 is 0 Å². The fourth-order valence-corrected chi connectivity index (χ4v) is 2.71. The second kappa shape index (κ2) is 6.40. The van der Waals surface area contributed by atoms with Crippen LogP contribution in [-0.2, 0) is 5.88 Å². The molecule has 0 aromatic heterocycles. The summed E-state index contributed by atoms with van der Waals surface area (Å²) in [6.07, 6.45) is 1.07. The highest BCUT2D eigenvalue weighted by Crippen LogP contribution is 2.15. The second-order valence-corrected chi connectivity index (χ2v) is 5.40. The summed E-state index contributed by atoms with van der Waals surface area (Å²) < 4.78 is 0. The summed E-state index contributed by atoms with van der Waals surface area (Å²) in [5, 5.41) is 0. The van der Waals surface area contributed by atoms with Crippen molar-refractivity contribution in [2.45, 2.75) is 25.3 Å². The molecule has 0 N–H and O–H groups in total. The molecule has 2 rings (SSSR count). The molecule has 1 atom stereocenters. The fraction of sp³-hybridized carbons (Fsp3) is 0.533. The number of rotatable bonds is 3. The van der Waals surface area contributed by atoms with Crippen LogP contribution in [0.2, 0.25) is 0 Å². The number of carbonyl (C=O) groups is 1. The molecule has 0 radical (unpaired) electrons. The van der Waals surface area contributed by atoms with Crippen LogP contribution in [0.4, 0.5) is 0 Å². The summed E-state index contributed by atoms with van der Waals surface area (Å²) in [4.78, 5) is 16.8. The number of halogens is 1. The highest BCUT2D eigenvalue weighted by atomic mass is 35.5. The van der Waals surface area contributed by atoms with Crippen LogP contribution in [0.3, 0.4) is 0 Å². The van der Waals surface area contributed by atoms with Crippen LogP contribution in [0.25, 0.3) is 0 Å². The van der Waals surface area contributed by atoms with E-state index in [2.05, 4.69) is 18.9 Å². The monoisotopic (exact) mass is 280 g/mol. The highest BCUT2D eigenvalue weighted by molar-refractivity contribution is 6.17. The van der Waals surface area contributed by atoms with Crippen molar-refractivity contribution in [1.82, 2.24) is 9.80 Å². The third kappa shape index (κ3) is 3.28. The minimum absolute atomic E-state index is 0.124. The van der Waals surface area contributed by atoms with Crippen molar-refractivity contribution < 1.29 is 4.79 Å². The van der Waals surface area contributed by atoms with E-state index in [-0.39, 0.29) is 5.91 Å². The molecule has 1 saturated heterocycles. The van der Waals surface area contributed by atoms with Gasteiger partial charge in [0, 0.05) is 37.1 Å². The maximum Gasteiger partial charge on any atom is 0.253 e. The molecule has 1 aromatic rings. The van der Waals surface area contributed by atoms with Gasteiger partial charge in [-0.15, -0.1) is 11.6 Å². The van der Waals surface area contributed by atoms with Crippen LogP contribution in [0.5, 0.6) is 0 Å². The van der Waals surface area contributed by atoms with E-state index in [1.807, 2.05) is 29.2 Å². The molecule has 3 nitrogen and oxygen atoms in total. The number of alkyl halides is 1. The van der Waals surface area contributed by atoms with Gasteiger partial charge in [0.1, 0.15) is 0 Å². The van der Waals surface area contributed by atoms with Gasteiger partial charge in [-0.3, -0.25) is 9.69 Å². The van der Waals surface area contributed by atoms with Gasteiger partial charge in [-0.2, -0.15) is 0 Å². The van der Waals surface area contributed by atoms with Crippen molar-refractivity contribution in [2.24, 2.45) is 0 Å². The van der Waals surface area contributed by atoms with E-state index in [9.17, 15) is 4.79 Å². The minimum Gasteiger partial charge on any atom is -0.336 e. The van der Waals surface area contributed by atoms with Crippen molar-refractivity contribution in [3.8, 4) is 0 Å². The van der Waals surface area contributed by atoms with E-state index in [0.717, 1.165) is 37.2 Å². The van der Waals surface area contributed by atoms with Crippen LogP contribution < -0.4 is 0 Å². The van der Waals surface area contributed by atoms with Gasteiger partial charge in [0.05, 0.1) is 0 Å². The number of carbonyl (C=O) groups excluding carboxylic acids is 1. The van der Waals surface area contributed by atoms with Gasteiger partial charge in [-0.1, -0.05) is 19.1 Å². The number of benzene rings is 1. The number of hydrogen-bond donors (Lipinski definition) is 0. The summed E-state index contributed by atoms with van der Waals surface area (Å²) in [6, 6.07) is 8.08. The number of likely N-dealkylation sites (N-methyl/N-ethyl adjacent to an activating group) is 1. The van der Waals surface area contributed by atoms with E-state index >= 15 is 0 Å². The first-order chi connectivity index (χ1) is 9.15. The lowest BCUT2D eigenvalue weighted by atomic mass is 10.1. The van der Waals surface area contributed by atoms with Gasteiger partial charge in [0.25, 0.3) is 5.91 Å². The highest BCUT2D eigenvalue weighted by Gasteiger charge is 2.26. The number of nitrogens with zero attached hydrogens (tertiary/aromatic N) is 2. The molecular weight excluding hydrogens is 260 g/mol. The molecule has 0 spiro atoms. The Labute approximate surface area is 120 Å². The van der Waals surface area contributed by atoms with E-state index in [0.29, 0.717) is 11.9 Å². The molecule has 19 heavy (non-hydrogen) atoms. The Hall–Kier alpha value is -1.06. The van der Waals surface area contributed by atoms with Gasteiger partial charge in [0.15, 0.2) is 0 Å². The topological polar surface area (TPSA) is 23.6 Å². The lowest BCUT2D eigenvalue weighted by Gasteiger charge is -2.39. The molecule has 4 heteroatoms. The minimum atomic E-state index is 0.124. The third-order valence-electron chi connectivity index (χ3n) is 3.86. The molecule has 1 heterocycles. The van der Waals surface area contributed by atoms with E-state index in [1.165, 1.54) is 0 Å². The van der Waals surface area contributed by atoms with Gasteiger partial charge >= 0.3 is 0 Å².